The van der Waals surface area contributed by atoms with Gasteiger partial charge in [0.15, 0.2) is 0 Å². The Bertz CT molecular complexity index is 159. The first-order chi connectivity index (χ1) is 7.22. The first-order valence-corrected chi connectivity index (χ1v) is 5.63. The predicted octanol–water partition coefficient (Wildman–Crippen LogP) is 1.67. The van der Waals surface area contributed by atoms with Gasteiger partial charge in [0, 0.05) is 19.8 Å². The van der Waals surface area contributed by atoms with Crippen LogP contribution in [0.15, 0.2) is 0 Å². The zero-order valence-electron chi connectivity index (χ0n) is 9.45. The summed E-state index contributed by atoms with van der Waals surface area (Å²) >= 11 is 0. The molecular weight excluding hydrogens is 196 g/mol. The van der Waals surface area contributed by atoms with E-state index in [2.05, 4.69) is 0 Å². The molecule has 0 aromatic heterocycles. The summed E-state index contributed by atoms with van der Waals surface area (Å²) in [4.78, 5) is 10.9. The molecule has 1 unspecified atom stereocenters. The van der Waals surface area contributed by atoms with Gasteiger partial charge in [-0.3, -0.25) is 4.79 Å². The molecule has 0 aromatic carbocycles. The summed E-state index contributed by atoms with van der Waals surface area (Å²) in [5.74, 6) is -1.01. The van der Waals surface area contributed by atoms with Crippen LogP contribution in [-0.4, -0.2) is 36.0 Å². The molecule has 4 nitrogen and oxygen atoms in total. The number of carboxylic acid groups (broad SMARTS) is 1. The Labute approximate surface area is 91.3 Å². The second-order valence-electron chi connectivity index (χ2n) is 3.59. The van der Waals surface area contributed by atoms with Crippen molar-refractivity contribution in [1.29, 1.82) is 0 Å². The van der Waals surface area contributed by atoms with E-state index in [1.165, 1.54) is 0 Å². The van der Waals surface area contributed by atoms with E-state index in [-0.39, 0.29) is 12.5 Å². The van der Waals surface area contributed by atoms with Crippen molar-refractivity contribution >= 4 is 5.97 Å². The molecule has 0 spiro atoms. The van der Waals surface area contributed by atoms with Crippen LogP contribution in [0.3, 0.4) is 0 Å². The Kier molecular flexibility index (Phi) is 9.52. The third kappa shape index (κ3) is 8.39. The molecule has 0 aliphatic heterocycles. The normalized spacial score (nSPS) is 12.7. The molecule has 0 bridgehead atoms. The Morgan fingerprint density at radius 3 is 2.47 bits per heavy atom. The molecule has 0 aliphatic rings. The number of carboxylic acids is 1. The maximum Gasteiger partial charge on any atom is 0.306 e. The van der Waals surface area contributed by atoms with Crippen LogP contribution in [0.5, 0.6) is 0 Å². The summed E-state index contributed by atoms with van der Waals surface area (Å²) in [5.41, 5.74) is 0. The van der Waals surface area contributed by atoms with E-state index in [1.54, 1.807) is 0 Å². The highest BCUT2D eigenvalue weighted by Gasteiger charge is 2.15. The van der Waals surface area contributed by atoms with Crippen molar-refractivity contribution in [2.75, 3.05) is 19.8 Å². The molecule has 0 aliphatic carbocycles. The van der Waals surface area contributed by atoms with Gasteiger partial charge < -0.3 is 14.9 Å². The zero-order valence-corrected chi connectivity index (χ0v) is 9.45. The summed E-state index contributed by atoms with van der Waals surface area (Å²) in [6, 6.07) is 0. The van der Waals surface area contributed by atoms with Crippen LogP contribution in [0.4, 0.5) is 0 Å². The number of aliphatic hydroxyl groups is 1. The minimum absolute atomic E-state index is 0.144. The monoisotopic (exact) mass is 218 g/mol. The maximum atomic E-state index is 10.9. The van der Waals surface area contributed by atoms with Gasteiger partial charge in [-0.25, -0.2) is 0 Å². The fourth-order valence-electron chi connectivity index (χ4n) is 1.47. The van der Waals surface area contributed by atoms with Crippen molar-refractivity contribution in [3.05, 3.63) is 0 Å². The van der Waals surface area contributed by atoms with Crippen LogP contribution in [0.1, 0.15) is 39.0 Å². The van der Waals surface area contributed by atoms with E-state index >= 15 is 0 Å². The molecule has 0 saturated heterocycles. The number of hydrogen-bond acceptors (Lipinski definition) is 3. The van der Waals surface area contributed by atoms with E-state index in [0.29, 0.717) is 32.5 Å². The van der Waals surface area contributed by atoms with Gasteiger partial charge in [0.2, 0.25) is 0 Å². The van der Waals surface area contributed by atoms with Crippen LogP contribution in [0.2, 0.25) is 0 Å². The maximum absolute atomic E-state index is 10.9. The van der Waals surface area contributed by atoms with Gasteiger partial charge in [0.25, 0.3) is 0 Å². The smallest absolute Gasteiger partial charge is 0.306 e. The van der Waals surface area contributed by atoms with Gasteiger partial charge in [-0.15, -0.1) is 0 Å². The van der Waals surface area contributed by atoms with Gasteiger partial charge in [-0.05, 0) is 32.6 Å². The molecule has 90 valence electrons. The summed E-state index contributed by atoms with van der Waals surface area (Å²) in [5, 5.41) is 17.5. The standard InChI is InChI=1S/C11H22O4/c1-2-15-9-5-7-10(11(13)14)6-3-4-8-12/h10,12H,2-9H2,1H3,(H,13,14). The second-order valence-corrected chi connectivity index (χ2v) is 3.59. The molecular formula is C11H22O4. The molecule has 0 rings (SSSR count). The van der Waals surface area contributed by atoms with Crippen molar-refractivity contribution in [3.63, 3.8) is 0 Å². The average Bonchev–Trinajstić information content (AvgIpc) is 2.21. The van der Waals surface area contributed by atoms with Crippen LogP contribution < -0.4 is 0 Å². The van der Waals surface area contributed by atoms with E-state index < -0.39 is 5.97 Å². The number of unbranched alkanes of at least 4 members (excludes halogenated alkanes) is 1. The van der Waals surface area contributed by atoms with Gasteiger partial charge in [-0.2, -0.15) is 0 Å². The van der Waals surface area contributed by atoms with Crippen LogP contribution >= 0.6 is 0 Å². The lowest BCUT2D eigenvalue weighted by atomic mass is 9.97. The van der Waals surface area contributed by atoms with Crippen molar-refractivity contribution in [2.45, 2.75) is 39.0 Å². The fourth-order valence-corrected chi connectivity index (χ4v) is 1.47. The van der Waals surface area contributed by atoms with Crippen LogP contribution in [0.25, 0.3) is 0 Å². The topological polar surface area (TPSA) is 66.8 Å². The molecule has 2 N–H and O–H groups in total. The Balaban J connectivity index is 3.59. The van der Waals surface area contributed by atoms with E-state index in [0.717, 1.165) is 12.8 Å². The van der Waals surface area contributed by atoms with E-state index in [9.17, 15) is 4.79 Å². The predicted molar refractivity (Wildman–Crippen MR) is 57.8 cm³/mol. The fraction of sp³-hybridized carbons (Fsp3) is 0.909. The lowest BCUT2D eigenvalue weighted by molar-refractivity contribution is -0.142. The Morgan fingerprint density at radius 2 is 1.93 bits per heavy atom. The van der Waals surface area contributed by atoms with Gasteiger partial charge in [0.05, 0.1) is 5.92 Å². The molecule has 15 heavy (non-hydrogen) atoms. The molecule has 1 atom stereocenters. The average molecular weight is 218 g/mol. The number of ether oxygens (including phenoxy) is 1. The number of carbonyl (C=O) groups is 1. The highest BCUT2D eigenvalue weighted by atomic mass is 16.5. The summed E-state index contributed by atoms with van der Waals surface area (Å²) < 4.78 is 5.16. The van der Waals surface area contributed by atoms with Gasteiger partial charge >= 0.3 is 5.97 Å². The van der Waals surface area contributed by atoms with Crippen molar-refractivity contribution in [2.24, 2.45) is 5.92 Å². The van der Waals surface area contributed by atoms with Crippen molar-refractivity contribution < 1.29 is 19.7 Å². The number of rotatable bonds is 10. The molecule has 0 fully saturated rings. The second kappa shape index (κ2) is 9.93. The molecule has 0 amide bonds. The highest BCUT2D eigenvalue weighted by Crippen LogP contribution is 2.15. The first kappa shape index (κ1) is 14.4. The minimum atomic E-state index is -0.732. The number of hydrogen-bond donors (Lipinski definition) is 2. The van der Waals surface area contributed by atoms with Gasteiger partial charge in [-0.1, -0.05) is 6.42 Å². The van der Waals surface area contributed by atoms with Crippen LogP contribution in [0, 0.1) is 5.92 Å². The molecule has 0 saturated carbocycles. The van der Waals surface area contributed by atoms with E-state index in [4.69, 9.17) is 14.9 Å². The molecule has 0 radical (unpaired) electrons. The van der Waals surface area contributed by atoms with Crippen molar-refractivity contribution in [1.82, 2.24) is 0 Å². The summed E-state index contributed by atoms with van der Waals surface area (Å²) in [6.07, 6.45) is 3.59. The Morgan fingerprint density at radius 1 is 1.27 bits per heavy atom. The largest absolute Gasteiger partial charge is 0.481 e. The zero-order chi connectivity index (χ0) is 11.5. The third-order valence-corrected chi connectivity index (χ3v) is 2.36. The summed E-state index contributed by atoms with van der Waals surface area (Å²) in [6.45, 7) is 3.39. The molecule has 0 aromatic rings. The van der Waals surface area contributed by atoms with Crippen LogP contribution in [-0.2, 0) is 9.53 Å². The lowest BCUT2D eigenvalue weighted by Crippen LogP contribution is -2.14. The number of aliphatic hydroxyl groups excluding tert-OH is 1. The van der Waals surface area contributed by atoms with Crippen molar-refractivity contribution in [3.8, 4) is 0 Å². The van der Waals surface area contributed by atoms with E-state index in [1.807, 2.05) is 6.92 Å². The highest BCUT2D eigenvalue weighted by molar-refractivity contribution is 5.69. The van der Waals surface area contributed by atoms with Gasteiger partial charge in [0.1, 0.15) is 0 Å². The Hall–Kier alpha value is -0.610. The SMILES string of the molecule is CCOCCCC(CCCCO)C(=O)O. The molecule has 0 heterocycles. The quantitative estimate of drug-likeness (QED) is 0.547. The third-order valence-electron chi connectivity index (χ3n) is 2.36. The number of aliphatic carboxylic acids is 1. The minimum Gasteiger partial charge on any atom is -0.481 e. The first-order valence-electron chi connectivity index (χ1n) is 5.63. The lowest BCUT2D eigenvalue weighted by Gasteiger charge is -2.11. The summed E-state index contributed by atoms with van der Waals surface area (Å²) in [7, 11) is 0. The molecule has 4 heteroatoms.